The molecule has 0 saturated heterocycles. The third-order valence-electron chi connectivity index (χ3n) is 3.29. The van der Waals surface area contributed by atoms with Crippen molar-refractivity contribution < 1.29 is 14.2 Å². The molecular weight excluding hydrogens is 301 g/mol. The van der Waals surface area contributed by atoms with Crippen molar-refractivity contribution in [3.05, 3.63) is 42.6 Å². The Hall–Kier alpha value is -2.74. The van der Waals surface area contributed by atoms with Gasteiger partial charge in [-0.2, -0.15) is 5.10 Å². The van der Waals surface area contributed by atoms with Crippen LogP contribution in [-0.4, -0.2) is 44.1 Å². The molecular formula is C15H16FN5O2. The van der Waals surface area contributed by atoms with Crippen LogP contribution in [0.2, 0.25) is 0 Å². The molecule has 0 bridgehead atoms. The summed E-state index contributed by atoms with van der Waals surface area (Å²) in [6, 6.07) is 5.64. The van der Waals surface area contributed by atoms with E-state index in [1.807, 2.05) is 0 Å². The highest BCUT2D eigenvalue weighted by atomic mass is 19.1. The summed E-state index contributed by atoms with van der Waals surface area (Å²) in [6.45, 7) is 0.335. The maximum atomic E-state index is 12.8. The van der Waals surface area contributed by atoms with E-state index in [2.05, 4.69) is 20.4 Å². The average molecular weight is 317 g/mol. The van der Waals surface area contributed by atoms with Gasteiger partial charge < -0.3 is 15.2 Å². The van der Waals surface area contributed by atoms with E-state index in [9.17, 15) is 9.50 Å². The molecule has 2 aromatic heterocycles. The van der Waals surface area contributed by atoms with Gasteiger partial charge in [-0.15, -0.1) is 0 Å². The molecule has 7 nitrogen and oxygen atoms in total. The van der Waals surface area contributed by atoms with Gasteiger partial charge in [0.15, 0.2) is 5.65 Å². The fourth-order valence-electron chi connectivity index (χ4n) is 2.10. The van der Waals surface area contributed by atoms with Crippen LogP contribution in [-0.2, 0) is 7.05 Å². The minimum atomic E-state index is -0.748. The zero-order chi connectivity index (χ0) is 16.2. The average Bonchev–Trinajstić information content (AvgIpc) is 2.94. The van der Waals surface area contributed by atoms with Crippen molar-refractivity contribution in [2.75, 3.05) is 18.5 Å². The minimum Gasteiger partial charge on any atom is -0.491 e. The number of benzene rings is 1. The van der Waals surface area contributed by atoms with E-state index in [-0.39, 0.29) is 19.0 Å². The van der Waals surface area contributed by atoms with Crippen molar-refractivity contribution >= 4 is 16.9 Å². The molecule has 0 aliphatic carbocycles. The Bertz CT molecular complexity index is 790. The zero-order valence-electron chi connectivity index (χ0n) is 12.5. The molecule has 1 atom stereocenters. The molecule has 2 N–H and O–H groups in total. The molecule has 1 unspecified atom stereocenters. The van der Waals surface area contributed by atoms with Gasteiger partial charge in [-0.1, -0.05) is 0 Å². The lowest BCUT2D eigenvalue weighted by atomic mass is 10.3. The van der Waals surface area contributed by atoms with Gasteiger partial charge in [-0.25, -0.2) is 14.4 Å². The van der Waals surface area contributed by atoms with Crippen LogP contribution < -0.4 is 10.1 Å². The molecule has 2 heterocycles. The summed E-state index contributed by atoms with van der Waals surface area (Å²) in [5, 5.41) is 17.9. The van der Waals surface area contributed by atoms with E-state index in [1.54, 1.807) is 17.9 Å². The van der Waals surface area contributed by atoms with Gasteiger partial charge in [-0.05, 0) is 24.3 Å². The lowest BCUT2D eigenvalue weighted by Crippen LogP contribution is -2.26. The van der Waals surface area contributed by atoms with Crippen LogP contribution in [0.15, 0.2) is 36.8 Å². The topological polar surface area (TPSA) is 85.1 Å². The highest BCUT2D eigenvalue weighted by molar-refractivity contribution is 5.85. The van der Waals surface area contributed by atoms with Gasteiger partial charge in [0, 0.05) is 13.6 Å². The van der Waals surface area contributed by atoms with E-state index >= 15 is 0 Å². The van der Waals surface area contributed by atoms with Gasteiger partial charge in [0.2, 0.25) is 0 Å². The van der Waals surface area contributed by atoms with Crippen LogP contribution in [0.4, 0.5) is 10.2 Å². The zero-order valence-corrected chi connectivity index (χ0v) is 12.5. The maximum Gasteiger partial charge on any atom is 0.163 e. The van der Waals surface area contributed by atoms with Gasteiger partial charge in [0.05, 0.1) is 11.6 Å². The van der Waals surface area contributed by atoms with E-state index in [0.717, 1.165) is 5.39 Å². The number of nitrogens with zero attached hydrogens (tertiary/aromatic N) is 4. The van der Waals surface area contributed by atoms with Gasteiger partial charge >= 0.3 is 0 Å². The van der Waals surface area contributed by atoms with Crippen LogP contribution in [0.1, 0.15) is 0 Å². The molecule has 0 radical (unpaired) electrons. The number of aliphatic hydroxyl groups excluding tert-OH is 1. The predicted octanol–water partition coefficient (Wildman–Crippen LogP) is 1.35. The smallest absolute Gasteiger partial charge is 0.163 e. The number of aliphatic hydroxyl groups is 1. The van der Waals surface area contributed by atoms with E-state index in [1.165, 1.54) is 30.6 Å². The number of nitrogens with one attached hydrogen (secondary N) is 1. The number of fused-ring (bicyclic) bond motifs is 1. The number of aryl methyl sites for hydroxylation is 1. The molecule has 0 saturated carbocycles. The van der Waals surface area contributed by atoms with E-state index in [0.29, 0.717) is 17.2 Å². The van der Waals surface area contributed by atoms with Crippen molar-refractivity contribution in [1.82, 2.24) is 19.7 Å². The highest BCUT2D eigenvalue weighted by Gasteiger charge is 2.10. The molecule has 0 amide bonds. The SMILES string of the molecule is Cn1ncc2c(NCC(O)COc3ccc(F)cc3)ncnc21. The van der Waals surface area contributed by atoms with Crippen LogP contribution in [0, 0.1) is 5.82 Å². The quantitative estimate of drug-likeness (QED) is 0.714. The number of aromatic nitrogens is 4. The second-order valence-corrected chi connectivity index (χ2v) is 5.03. The largest absolute Gasteiger partial charge is 0.491 e. The molecule has 8 heteroatoms. The molecule has 0 aliphatic heterocycles. The second kappa shape index (κ2) is 6.57. The van der Waals surface area contributed by atoms with Gasteiger partial charge in [0.25, 0.3) is 0 Å². The third-order valence-corrected chi connectivity index (χ3v) is 3.29. The van der Waals surface area contributed by atoms with Crippen LogP contribution in [0.3, 0.4) is 0 Å². The van der Waals surface area contributed by atoms with Crippen molar-refractivity contribution in [3.63, 3.8) is 0 Å². The second-order valence-electron chi connectivity index (χ2n) is 5.03. The fourth-order valence-corrected chi connectivity index (χ4v) is 2.10. The molecule has 3 aromatic rings. The Morgan fingerprint density at radius 1 is 1.30 bits per heavy atom. The first-order chi connectivity index (χ1) is 11.1. The Kier molecular flexibility index (Phi) is 4.33. The van der Waals surface area contributed by atoms with Crippen LogP contribution in [0.25, 0.3) is 11.0 Å². The van der Waals surface area contributed by atoms with Crippen molar-refractivity contribution in [2.24, 2.45) is 7.05 Å². The summed E-state index contributed by atoms with van der Waals surface area (Å²) < 4.78 is 19.8. The fraction of sp³-hybridized carbons (Fsp3) is 0.267. The first-order valence-corrected chi connectivity index (χ1v) is 7.06. The molecule has 23 heavy (non-hydrogen) atoms. The Balaban J connectivity index is 1.55. The number of hydrogen-bond donors (Lipinski definition) is 2. The lowest BCUT2D eigenvalue weighted by molar-refractivity contribution is 0.117. The molecule has 0 aliphatic rings. The Labute approximate surface area is 131 Å². The minimum absolute atomic E-state index is 0.0832. The molecule has 0 spiro atoms. The molecule has 1 aromatic carbocycles. The first kappa shape index (κ1) is 15.2. The van der Waals surface area contributed by atoms with Gasteiger partial charge in [0.1, 0.15) is 36.4 Å². The monoisotopic (exact) mass is 317 g/mol. The first-order valence-electron chi connectivity index (χ1n) is 7.06. The maximum absolute atomic E-state index is 12.8. The Morgan fingerprint density at radius 2 is 2.09 bits per heavy atom. The van der Waals surface area contributed by atoms with Crippen molar-refractivity contribution in [1.29, 1.82) is 0 Å². The summed E-state index contributed by atoms with van der Waals surface area (Å²) in [7, 11) is 1.80. The van der Waals surface area contributed by atoms with Crippen LogP contribution in [0.5, 0.6) is 5.75 Å². The molecule has 3 rings (SSSR count). The standard InChI is InChI=1S/C15H16FN5O2/c1-21-15-13(7-20-21)14(18-9-19-15)17-6-11(22)8-23-12-4-2-10(16)3-5-12/h2-5,7,9,11,22H,6,8H2,1H3,(H,17,18,19). The number of rotatable bonds is 6. The summed E-state index contributed by atoms with van der Waals surface area (Å²) in [6.07, 6.45) is 2.36. The van der Waals surface area contributed by atoms with E-state index < -0.39 is 6.10 Å². The number of hydrogen-bond acceptors (Lipinski definition) is 6. The number of halogens is 1. The van der Waals surface area contributed by atoms with Crippen molar-refractivity contribution in [3.8, 4) is 5.75 Å². The normalized spacial score (nSPS) is 12.3. The molecule has 120 valence electrons. The molecule has 0 fully saturated rings. The Morgan fingerprint density at radius 3 is 2.87 bits per heavy atom. The lowest BCUT2D eigenvalue weighted by Gasteiger charge is -2.13. The summed E-state index contributed by atoms with van der Waals surface area (Å²) in [4.78, 5) is 8.29. The number of anilines is 1. The summed E-state index contributed by atoms with van der Waals surface area (Å²) >= 11 is 0. The van der Waals surface area contributed by atoms with Crippen molar-refractivity contribution in [2.45, 2.75) is 6.10 Å². The summed E-state index contributed by atoms with van der Waals surface area (Å²) in [5.41, 5.74) is 0.708. The third kappa shape index (κ3) is 3.54. The highest BCUT2D eigenvalue weighted by Crippen LogP contribution is 2.17. The number of ether oxygens (including phenoxy) is 1. The van der Waals surface area contributed by atoms with Gasteiger partial charge in [-0.3, -0.25) is 4.68 Å². The predicted molar refractivity (Wildman–Crippen MR) is 82.7 cm³/mol. The summed E-state index contributed by atoms with van der Waals surface area (Å²) in [5.74, 6) is 0.773. The van der Waals surface area contributed by atoms with Crippen LogP contribution >= 0.6 is 0 Å². The van der Waals surface area contributed by atoms with E-state index in [4.69, 9.17) is 4.74 Å².